The third-order valence-corrected chi connectivity index (χ3v) is 3.67. The zero-order chi connectivity index (χ0) is 16.1. The molecule has 1 fully saturated rings. The van der Waals surface area contributed by atoms with Gasteiger partial charge in [0, 0.05) is 46.0 Å². The molecule has 1 aromatic carbocycles. The molecule has 2 rings (SSSR count). The van der Waals surface area contributed by atoms with E-state index in [-0.39, 0.29) is 42.2 Å². The maximum atomic E-state index is 12.9. The minimum absolute atomic E-state index is 0. The molecule has 0 aliphatic carbocycles. The molecular formula is C15H23FIN5O. The summed E-state index contributed by atoms with van der Waals surface area (Å²) in [6, 6.07) is 6.48. The van der Waals surface area contributed by atoms with Crippen LogP contribution < -0.4 is 10.6 Å². The van der Waals surface area contributed by atoms with Crippen LogP contribution in [0, 0.1) is 5.82 Å². The topological polar surface area (TPSA) is 65.2 Å². The number of nitrogens with two attached hydrogens (primary N) is 1. The quantitative estimate of drug-likeness (QED) is 0.437. The van der Waals surface area contributed by atoms with Gasteiger partial charge in [-0.3, -0.25) is 4.79 Å². The SMILES string of the molecule is CN(C)C(=O)CN=C(N)N1CCN(c2ccc(F)cc2)CC1.I. The largest absolute Gasteiger partial charge is 0.370 e. The first kappa shape index (κ1) is 19.5. The van der Waals surface area contributed by atoms with Crippen LogP contribution in [-0.4, -0.2) is 68.5 Å². The highest BCUT2D eigenvalue weighted by Gasteiger charge is 2.18. The monoisotopic (exact) mass is 435 g/mol. The van der Waals surface area contributed by atoms with E-state index in [1.165, 1.54) is 17.0 Å². The van der Waals surface area contributed by atoms with Crippen LogP contribution in [0.2, 0.25) is 0 Å². The first-order valence-electron chi connectivity index (χ1n) is 7.23. The van der Waals surface area contributed by atoms with Crippen molar-refractivity contribution in [2.45, 2.75) is 0 Å². The lowest BCUT2D eigenvalue weighted by Crippen LogP contribution is -2.51. The van der Waals surface area contributed by atoms with E-state index < -0.39 is 0 Å². The Balaban J connectivity index is 0.00000264. The third kappa shape index (κ3) is 5.52. The molecule has 0 unspecified atom stereocenters. The second-order valence-electron chi connectivity index (χ2n) is 5.41. The molecule has 0 bridgehead atoms. The summed E-state index contributed by atoms with van der Waals surface area (Å²) in [4.78, 5) is 21.3. The van der Waals surface area contributed by atoms with Crippen LogP contribution in [0.5, 0.6) is 0 Å². The van der Waals surface area contributed by atoms with Crippen molar-refractivity contribution in [3.63, 3.8) is 0 Å². The molecule has 23 heavy (non-hydrogen) atoms. The van der Waals surface area contributed by atoms with Crippen molar-refractivity contribution < 1.29 is 9.18 Å². The van der Waals surface area contributed by atoms with E-state index in [0.29, 0.717) is 5.96 Å². The number of carbonyl (C=O) groups excluding carboxylic acids is 1. The maximum absolute atomic E-state index is 12.9. The van der Waals surface area contributed by atoms with Crippen LogP contribution in [-0.2, 0) is 4.79 Å². The Kier molecular flexibility index (Phi) is 7.53. The first-order valence-corrected chi connectivity index (χ1v) is 7.23. The molecule has 1 saturated heterocycles. The summed E-state index contributed by atoms with van der Waals surface area (Å²) in [5.74, 6) is 0.0891. The van der Waals surface area contributed by atoms with E-state index in [4.69, 9.17) is 5.73 Å². The van der Waals surface area contributed by atoms with Crippen molar-refractivity contribution in [3.8, 4) is 0 Å². The first-order chi connectivity index (χ1) is 10.5. The smallest absolute Gasteiger partial charge is 0.243 e. The predicted molar refractivity (Wildman–Crippen MR) is 101 cm³/mol. The van der Waals surface area contributed by atoms with Crippen molar-refractivity contribution in [2.24, 2.45) is 10.7 Å². The Bertz CT molecular complexity index is 541. The van der Waals surface area contributed by atoms with Gasteiger partial charge in [-0.15, -0.1) is 24.0 Å². The molecule has 1 heterocycles. The highest BCUT2D eigenvalue weighted by molar-refractivity contribution is 14.0. The second kappa shape index (κ2) is 8.90. The number of aliphatic imine (C=N–C) groups is 1. The number of benzene rings is 1. The second-order valence-corrected chi connectivity index (χ2v) is 5.41. The van der Waals surface area contributed by atoms with Gasteiger partial charge in [-0.25, -0.2) is 9.38 Å². The molecule has 0 aromatic heterocycles. The van der Waals surface area contributed by atoms with Crippen molar-refractivity contribution in [2.75, 3.05) is 51.7 Å². The zero-order valence-electron chi connectivity index (χ0n) is 13.4. The summed E-state index contributed by atoms with van der Waals surface area (Å²) in [7, 11) is 3.38. The molecule has 6 nitrogen and oxygen atoms in total. The number of halogens is 2. The fourth-order valence-electron chi connectivity index (χ4n) is 2.24. The lowest BCUT2D eigenvalue weighted by atomic mass is 10.2. The highest BCUT2D eigenvalue weighted by Crippen LogP contribution is 2.16. The van der Waals surface area contributed by atoms with E-state index in [0.717, 1.165) is 31.9 Å². The summed E-state index contributed by atoms with van der Waals surface area (Å²) in [5, 5.41) is 0. The average molecular weight is 435 g/mol. The van der Waals surface area contributed by atoms with E-state index in [2.05, 4.69) is 9.89 Å². The van der Waals surface area contributed by atoms with Crippen LogP contribution >= 0.6 is 24.0 Å². The fourth-order valence-corrected chi connectivity index (χ4v) is 2.24. The number of hydrogen-bond acceptors (Lipinski definition) is 3. The van der Waals surface area contributed by atoms with Crippen molar-refractivity contribution >= 4 is 41.5 Å². The van der Waals surface area contributed by atoms with Gasteiger partial charge < -0.3 is 20.4 Å². The molecule has 128 valence electrons. The van der Waals surface area contributed by atoms with Crippen LogP contribution in [0.3, 0.4) is 0 Å². The minimum Gasteiger partial charge on any atom is -0.370 e. The number of amides is 1. The lowest BCUT2D eigenvalue weighted by Gasteiger charge is -2.36. The Hall–Kier alpha value is -1.58. The number of likely N-dealkylation sites (N-methyl/N-ethyl adjacent to an activating group) is 1. The lowest BCUT2D eigenvalue weighted by molar-refractivity contribution is -0.127. The van der Waals surface area contributed by atoms with E-state index in [1.54, 1.807) is 26.2 Å². The minimum atomic E-state index is -0.232. The summed E-state index contributed by atoms with van der Waals surface area (Å²) < 4.78 is 12.9. The number of hydrogen-bond donors (Lipinski definition) is 1. The summed E-state index contributed by atoms with van der Waals surface area (Å²) >= 11 is 0. The van der Waals surface area contributed by atoms with E-state index in [9.17, 15) is 9.18 Å². The van der Waals surface area contributed by atoms with Gasteiger partial charge in [-0.1, -0.05) is 0 Å². The number of rotatable bonds is 3. The molecular weight excluding hydrogens is 412 g/mol. The molecule has 1 amide bonds. The van der Waals surface area contributed by atoms with Crippen LogP contribution in [0.1, 0.15) is 0 Å². The van der Waals surface area contributed by atoms with Crippen LogP contribution in [0.25, 0.3) is 0 Å². The molecule has 0 radical (unpaired) electrons. The molecule has 0 saturated carbocycles. The highest BCUT2D eigenvalue weighted by atomic mass is 127. The zero-order valence-corrected chi connectivity index (χ0v) is 15.7. The number of anilines is 1. The number of piperazine rings is 1. The van der Waals surface area contributed by atoms with Gasteiger partial charge in [0.1, 0.15) is 12.4 Å². The number of guanidine groups is 1. The van der Waals surface area contributed by atoms with Crippen molar-refractivity contribution in [1.29, 1.82) is 0 Å². The van der Waals surface area contributed by atoms with Gasteiger partial charge in [0.2, 0.25) is 5.91 Å². The Labute approximate surface area is 153 Å². The average Bonchev–Trinajstić information content (AvgIpc) is 2.53. The predicted octanol–water partition coefficient (Wildman–Crippen LogP) is 0.969. The normalized spacial score (nSPS) is 15.2. The number of carbonyl (C=O) groups is 1. The molecule has 0 atom stereocenters. The van der Waals surface area contributed by atoms with Crippen LogP contribution in [0.4, 0.5) is 10.1 Å². The fraction of sp³-hybridized carbons (Fsp3) is 0.467. The maximum Gasteiger partial charge on any atom is 0.243 e. The summed E-state index contributed by atoms with van der Waals surface area (Å²) in [6.45, 7) is 3.08. The van der Waals surface area contributed by atoms with Gasteiger partial charge in [0.15, 0.2) is 5.96 Å². The van der Waals surface area contributed by atoms with Gasteiger partial charge >= 0.3 is 0 Å². The van der Waals surface area contributed by atoms with E-state index >= 15 is 0 Å². The van der Waals surface area contributed by atoms with Gasteiger partial charge in [0.25, 0.3) is 0 Å². The Morgan fingerprint density at radius 3 is 2.30 bits per heavy atom. The molecule has 1 aromatic rings. The Morgan fingerprint density at radius 1 is 1.22 bits per heavy atom. The van der Waals surface area contributed by atoms with E-state index in [1.807, 2.05) is 4.90 Å². The van der Waals surface area contributed by atoms with Crippen molar-refractivity contribution in [3.05, 3.63) is 30.1 Å². The van der Waals surface area contributed by atoms with Gasteiger partial charge in [-0.2, -0.15) is 0 Å². The van der Waals surface area contributed by atoms with Crippen LogP contribution in [0.15, 0.2) is 29.3 Å². The molecule has 2 N–H and O–H groups in total. The third-order valence-electron chi connectivity index (χ3n) is 3.67. The van der Waals surface area contributed by atoms with Crippen molar-refractivity contribution in [1.82, 2.24) is 9.80 Å². The van der Waals surface area contributed by atoms with Gasteiger partial charge in [0.05, 0.1) is 0 Å². The van der Waals surface area contributed by atoms with Gasteiger partial charge in [-0.05, 0) is 24.3 Å². The Morgan fingerprint density at radius 2 is 1.78 bits per heavy atom. The summed E-state index contributed by atoms with van der Waals surface area (Å²) in [5.41, 5.74) is 6.94. The molecule has 1 aliphatic rings. The summed E-state index contributed by atoms with van der Waals surface area (Å²) in [6.07, 6.45) is 0. The molecule has 0 spiro atoms. The standard InChI is InChI=1S/C15H22FN5O.HI/c1-19(2)14(22)11-18-15(17)21-9-7-20(8-10-21)13-5-3-12(16)4-6-13;/h3-6H,7-11H2,1-2H3,(H2,17,18);1H. The molecule has 8 heteroatoms. The number of nitrogens with zero attached hydrogens (tertiary/aromatic N) is 4. The molecule has 1 aliphatic heterocycles.